The molecule has 0 atom stereocenters. The predicted octanol–water partition coefficient (Wildman–Crippen LogP) is 1.77. The van der Waals surface area contributed by atoms with E-state index in [-0.39, 0.29) is 34.9 Å². The number of alkyl halides is 3. The predicted molar refractivity (Wildman–Crippen MR) is 63.9 cm³/mol. The van der Waals surface area contributed by atoms with Crippen molar-refractivity contribution in [1.29, 1.82) is 0 Å². The number of halogens is 3. The number of hydrogen-bond donors (Lipinski definition) is 2. The van der Waals surface area contributed by atoms with E-state index >= 15 is 0 Å². The molecule has 1 rings (SSSR count). The molecule has 18 heavy (non-hydrogen) atoms. The van der Waals surface area contributed by atoms with Crippen molar-refractivity contribution in [3.05, 3.63) is 17.0 Å². The Morgan fingerprint density at radius 3 is 2.56 bits per heavy atom. The largest absolute Gasteiger partial charge is 0.441 e. The number of aliphatic hydroxyl groups excluding tert-OH is 1. The van der Waals surface area contributed by atoms with E-state index in [4.69, 9.17) is 5.11 Å². The van der Waals surface area contributed by atoms with Crippen molar-refractivity contribution in [3.63, 3.8) is 0 Å². The van der Waals surface area contributed by atoms with Gasteiger partial charge < -0.3 is 5.11 Å². The van der Waals surface area contributed by atoms with E-state index in [1.807, 2.05) is 0 Å². The highest BCUT2D eigenvalue weighted by Gasteiger charge is 2.27. The first-order valence-electron chi connectivity index (χ1n) is 4.64. The Bertz CT molecular complexity index is 483. The topological polar surface area (TPSA) is 66.4 Å². The zero-order valence-electron chi connectivity index (χ0n) is 8.90. The van der Waals surface area contributed by atoms with Gasteiger partial charge in [-0.25, -0.2) is 13.1 Å². The number of sulfonamides is 1. The van der Waals surface area contributed by atoms with E-state index in [1.54, 1.807) is 0 Å². The second-order valence-corrected chi connectivity index (χ2v) is 7.39. The molecule has 0 radical (unpaired) electrons. The van der Waals surface area contributed by atoms with Gasteiger partial charge in [0.05, 0.1) is 6.61 Å². The third-order valence-electron chi connectivity index (χ3n) is 1.72. The van der Waals surface area contributed by atoms with E-state index in [1.165, 1.54) is 12.1 Å². The summed E-state index contributed by atoms with van der Waals surface area (Å²) < 4.78 is 60.7. The molecule has 10 heteroatoms. The van der Waals surface area contributed by atoms with Crippen LogP contribution in [0, 0.1) is 0 Å². The zero-order valence-corrected chi connectivity index (χ0v) is 11.3. The number of thioether (sulfide) groups is 1. The summed E-state index contributed by atoms with van der Waals surface area (Å²) in [6.07, 6.45) is 0. The quantitative estimate of drug-likeness (QED) is 0.784. The van der Waals surface area contributed by atoms with Gasteiger partial charge in [-0.2, -0.15) is 13.2 Å². The minimum Gasteiger partial charge on any atom is -0.391 e. The highest BCUT2D eigenvalue weighted by molar-refractivity contribution is 8.00. The maximum Gasteiger partial charge on any atom is 0.441 e. The van der Waals surface area contributed by atoms with Crippen molar-refractivity contribution in [2.75, 3.05) is 12.3 Å². The molecule has 0 aromatic carbocycles. The van der Waals surface area contributed by atoms with Crippen LogP contribution in [0.25, 0.3) is 0 Å². The highest BCUT2D eigenvalue weighted by Crippen LogP contribution is 2.29. The molecule has 0 aliphatic heterocycles. The molecule has 2 N–H and O–H groups in total. The zero-order chi connectivity index (χ0) is 13.8. The smallest absolute Gasteiger partial charge is 0.391 e. The van der Waals surface area contributed by atoms with Crippen LogP contribution >= 0.6 is 23.1 Å². The van der Waals surface area contributed by atoms with E-state index in [9.17, 15) is 21.6 Å². The monoisotopic (exact) mass is 321 g/mol. The van der Waals surface area contributed by atoms with Gasteiger partial charge in [-0.1, -0.05) is 0 Å². The van der Waals surface area contributed by atoms with Gasteiger partial charge in [0, 0.05) is 17.2 Å². The summed E-state index contributed by atoms with van der Waals surface area (Å²) in [5.74, 6) is -0.388. The summed E-state index contributed by atoms with van der Waals surface area (Å²) in [7, 11) is -3.79. The van der Waals surface area contributed by atoms with Crippen LogP contribution in [0.5, 0.6) is 0 Å². The van der Waals surface area contributed by atoms with Gasteiger partial charge >= 0.3 is 5.51 Å². The molecule has 0 saturated carbocycles. The molecular formula is C8H10F3NO3S3. The van der Waals surface area contributed by atoms with Crippen LogP contribution < -0.4 is 4.72 Å². The SMILES string of the molecule is O=S(=O)(NCCSC(F)(F)F)c1ccc(CO)s1. The van der Waals surface area contributed by atoms with Crippen LogP contribution in [0.3, 0.4) is 0 Å². The molecule has 0 spiro atoms. The van der Waals surface area contributed by atoms with E-state index in [0.29, 0.717) is 4.88 Å². The Morgan fingerprint density at radius 2 is 2.06 bits per heavy atom. The van der Waals surface area contributed by atoms with Gasteiger partial charge in [0.2, 0.25) is 10.0 Å². The van der Waals surface area contributed by atoms with Crippen molar-refractivity contribution < 1.29 is 26.7 Å². The molecule has 0 amide bonds. The molecule has 1 aromatic rings. The second-order valence-electron chi connectivity index (χ2n) is 3.07. The third-order valence-corrected chi connectivity index (χ3v) is 5.48. The lowest BCUT2D eigenvalue weighted by Gasteiger charge is -2.06. The fraction of sp³-hybridized carbons (Fsp3) is 0.500. The number of nitrogens with one attached hydrogen (secondary N) is 1. The van der Waals surface area contributed by atoms with E-state index in [2.05, 4.69) is 4.72 Å². The number of aliphatic hydroxyl groups is 1. The fourth-order valence-corrected chi connectivity index (χ4v) is 3.86. The number of hydrogen-bond acceptors (Lipinski definition) is 5. The lowest BCUT2D eigenvalue weighted by Crippen LogP contribution is -2.26. The van der Waals surface area contributed by atoms with Gasteiger partial charge in [0.1, 0.15) is 4.21 Å². The van der Waals surface area contributed by atoms with Crippen LogP contribution in [0.2, 0.25) is 0 Å². The molecule has 0 saturated heterocycles. The lowest BCUT2D eigenvalue weighted by molar-refractivity contribution is -0.0327. The summed E-state index contributed by atoms with van der Waals surface area (Å²) in [6, 6.07) is 2.75. The molecule has 1 aromatic heterocycles. The first-order valence-corrected chi connectivity index (χ1v) is 7.93. The molecule has 0 aliphatic rings. The minimum atomic E-state index is -4.36. The van der Waals surface area contributed by atoms with Crippen LogP contribution in [-0.2, 0) is 16.6 Å². The van der Waals surface area contributed by atoms with Crippen LogP contribution in [0.4, 0.5) is 13.2 Å². The number of rotatable bonds is 6. The Labute approximate surface area is 110 Å². The summed E-state index contributed by atoms with van der Waals surface area (Å²) >= 11 is 0.590. The van der Waals surface area contributed by atoms with Gasteiger partial charge in [-0.05, 0) is 23.9 Å². The average molecular weight is 321 g/mol. The van der Waals surface area contributed by atoms with Crippen molar-refractivity contribution in [3.8, 4) is 0 Å². The van der Waals surface area contributed by atoms with E-state index < -0.39 is 15.5 Å². The maximum atomic E-state index is 11.8. The van der Waals surface area contributed by atoms with Crippen LogP contribution in [-0.4, -0.2) is 31.3 Å². The Morgan fingerprint density at radius 1 is 1.39 bits per heavy atom. The summed E-state index contributed by atoms with van der Waals surface area (Å²) in [5, 5.41) is 8.79. The molecule has 4 nitrogen and oxygen atoms in total. The normalized spacial score (nSPS) is 12.9. The standard InChI is InChI=1S/C8H10F3NO3S3/c9-8(10,11)16-4-3-12-18(14,15)7-2-1-6(5-13)17-7/h1-2,12-13H,3-5H2. The lowest BCUT2D eigenvalue weighted by atomic mass is 10.5. The molecule has 0 unspecified atom stereocenters. The molecule has 104 valence electrons. The number of thiophene rings is 1. The van der Waals surface area contributed by atoms with E-state index in [0.717, 1.165) is 11.3 Å². The molecular weight excluding hydrogens is 311 g/mol. The van der Waals surface area contributed by atoms with Gasteiger partial charge in [0.25, 0.3) is 0 Å². The third kappa shape index (κ3) is 5.14. The van der Waals surface area contributed by atoms with Crippen molar-refractivity contribution in [2.24, 2.45) is 0 Å². The van der Waals surface area contributed by atoms with Gasteiger partial charge in [0.15, 0.2) is 0 Å². The minimum absolute atomic E-state index is 0.0245. The van der Waals surface area contributed by atoms with Crippen LogP contribution in [0.15, 0.2) is 16.3 Å². The first-order chi connectivity index (χ1) is 8.24. The van der Waals surface area contributed by atoms with Crippen molar-refractivity contribution in [1.82, 2.24) is 4.72 Å². The Hall–Kier alpha value is -0.290. The van der Waals surface area contributed by atoms with Crippen LogP contribution in [0.1, 0.15) is 4.88 Å². The second kappa shape index (κ2) is 6.24. The summed E-state index contributed by atoms with van der Waals surface area (Å²) in [4.78, 5) is 0.472. The molecule has 0 bridgehead atoms. The van der Waals surface area contributed by atoms with Crippen molar-refractivity contribution in [2.45, 2.75) is 16.3 Å². The highest BCUT2D eigenvalue weighted by atomic mass is 32.2. The maximum absolute atomic E-state index is 11.8. The summed E-state index contributed by atoms with van der Waals surface area (Å²) in [5.41, 5.74) is -4.36. The van der Waals surface area contributed by atoms with Gasteiger partial charge in [-0.15, -0.1) is 11.3 Å². The summed E-state index contributed by atoms with van der Waals surface area (Å²) in [6.45, 7) is -0.580. The molecule has 0 fully saturated rings. The Balaban J connectivity index is 2.50. The van der Waals surface area contributed by atoms with Gasteiger partial charge in [-0.3, -0.25) is 0 Å². The Kier molecular flexibility index (Phi) is 5.46. The fourth-order valence-electron chi connectivity index (χ4n) is 1.00. The molecule has 0 aliphatic carbocycles. The average Bonchev–Trinajstić information content (AvgIpc) is 2.72. The van der Waals surface area contributed by atoms with Crippen molar-refractivity contribution >= 4 is 33.1 Å². The first kappa shape index (κ1) is 15.8. The molecule has 1 heterocycles.